The van der Waals surface area contributed by atoms with E-state index >= 15 is 0 Å². The van der Waals surface area contributed by atoms with E-state index in [1.54, 1.807) is 30.9 Å². The van der Waals surface area contributed by atoms with Crippen LogP contribution in [0.5, 0.6) is 0 Å². The highest BCUT2D eigenvalue weighted by molar-refractivity contribution is 6.31. The topological polar surface area (TPSA) is 55.1 Å². The fourth-order valence-electron chi connectivity index (χ4n) is 1.37. The number of rotatable bonds is 0. The van der Waals surface area contributed by atoms with Crippen molar-refractivity contribution in [3.63, 3.8) is 0 Å². The molecule has 0 saturated carbocycles. The van der Waals surface area contributed by atoms with Crippen LogP contribution in [0, 0.1) is 0 Å². The lowest BCUT2D eigenvalue weighted by atomic mass is 10.3. The average molecular weight is 224 g/mol. The first-order valence-electron chi connectivity index (χ1n) is 4.42. The van der Waals surface area contributed by atoms with Crippen molar-refractivity contribution in [3.05, 3.63) is 23.2 Å². The minimum absolute atomic E-state index is 0.639. The molecular formula is C9H10ClN5. The number of hydrogen-bond acceptors (Lipinski definition) is 3. The predicted molar refractivity (Wildman–Crippen MR) is 60.4 cm³/mol. The van der Waals surface area contributed by atoms with E-state index < -0.39 is 0 Å². The van der Waals surface area contributed by atoms with Crippen molar-refractivity contribution in [2.24, 2.45) is 4.99 Å². The van der Waals surface area contributed by atoms with Crippen LogP contribution in [0.1, 0.15) is 0 Å². The lowest BCUT2D eigenvalue weighted by Gasteiger charge is -2.03. The number of hydrogen-bond donors (Lipinski definition) is 1. The largest absolute Gasteiger partial charge is 0.358 e. The van der Waals surface area contributed by atoms with Gasteiger partial charge in [-0.1, -0.05) is 16.8 Å². The van der Waals surface area contributed by atoms with Gasteiger partial charge in [-0.15, -0.1) is 5.10 Å². The molecule has 0 aliphatic heterocycles. The van der Waals surface area contributed by atoms with Crippen LogP contribution in [0.25, 0.3) is 11.0 Å². The third kappa shape index (κ3) is 1.66. The second-order valence-corrected chi connectivity index (χ2v) is 3.37. The molecule has 1 aromatic carbocycles. The molecule has 2 aromatic rings. The van der Waals surface area contributed by atoms with Gasteiger partial charge in [0, 0.05) is 19.1 Å². The molecule has 2 rings (SSSR count). The number of benzene rings is 1. The Morgan fingerprint density at radius 3 is 3.00 bits per heavy atom. The van der Waals surface area contributed by atoms with Crippen LogP contribution in [0.15, 0.2) is 23.2 Å². The lowest BCUT2D eigenvalue weighted by molar-refractivity contribution is 0.827. The maximum atomic E-state index is 5.85. The minimum Gasteiger partial charge on any atom is -0.358 e. The summed E-state index contributed by atoms with van der Waals surface area (Å²) in [5, 5.41) is 11.6. The molecule has 78 valence electrons. The lowest BCUT2D eigenvalue weighted by Crippen LogP contribution is -2.27. The van der Waals surface area contributed by atoms with E-state index in [1.807, 2.05) is 6.07 Å². The quantitative estimate of drug-likeness (QED) is 0.538. The molecule has 5 nitrogen and oxygen atoms in total. The Labute approximate surface area is 91.8 Å². The van der Waals surface area contributed by atoms with E-state index in [0.717, 1.165) is 11.0 Å². The number of nitrogens with one attached hydrogen (secondary N) is 1. The summed E-state index contributed by atoms with van der Waals surface area (Å²) in [6.45, 7) is 0. The van der Waals surface area contributed by atoms with Gasteiger partial charge in [-0.05, 0) is 18.2 Å². The summed E-state index contributed by atoms with van der Waals surface area (Å²) in [5.74, 6) is 0.639. The summed E-state index contributed by atoms with van der Waals surface area (Å²) in [4.78, 5) is 4.05. The Morgan fingerprint density at radius 2 is 2.33 bits per heavy atom. The van der Waals surface area contributed by atoms with Crippen LogP contribution in [0.3, 0.4) is 0 Å². The highest BCUT2D eigenvalue weighted by Gasteiger charge is 2.08. The minimum atomic E-state index is 0.639. The fraction of sp³-hybridized carbons (Fsp3) is 0.222. The van der Waals surface area contributed by atoms with Gasteiger partial charge in [-0.3, -0.25) is 4.99 Å². The SMILES string of the molecule is CN=C(NC)n1nnc2cc(Cl)ccc21. The average Bonchev–Trinajstić information content (AvgIpc) is 2.63. The summed E-state index contributed by atoms with van der Waals surface area (Å²) in [7, 11) is 3.47. The van der Waals surface area contributed by atoms with Crippen LogP contribution in [-0.2, 0) is 0 Å². The Morgan fingerprint density at radius 1 is 1.53 bits per heavy atom. The monoisotopic (exact) mass is 223 g/mol. The number of halogens is 1. The van der Waals surface area contributed by atoms with Crippen LogP contribution in [0.2, 0.25) is 5.02 Å². The van der Waals surface area contributed by atoms with Crippen molar-refractivity contribution in [2.75, 3.05) is 14.1 Å². The molecule has 1 heterocycles. The van der Waals surface area contributed by atoms with Crippen LogP contribution < -0.4 is 5.32 Å². The fourth-order valence-corrected chi connectivity index (χ4v) is 1.53. The van der Waals surface area contributed by atoms with Gasteiger partial charge < -0.3 is 5.32 Å². The Balaban J connectivity index is 2.63. The second kappa shape index (κ2) is 3.86. The predicted octanol–water partition coefficient (Wildman–Crippen LogP) is 1.14. The standard InChI is InChI=1S/C9H10ClN5/c1-11-9(12-2)15-8-4-3-6(10)5-7(8)13-14-15/h3-5H,1-2H3,(H,11,12). The van der Waals surface area contributed by atoms with Crippen molar-refractivity contribution in [2.45, 2.75) is 0 Å². The molecule has 0 amide bonds. The first-order chi connectivity index (χ1) is 7.26. The summed E-state index contributed by atoms with van der Waals surface area (Å²) >= 11 is 5.85. The summed E-state index contributed by atoms with van der Waals surface area (Å²) in [6, 6.07) is 5.43. The molecule has 6 heteroatoms. The molecule has 15 heavy (non-hydrogen) atoms. The molecule has 0 spiro atoms. The van der Waals surface area contributed by atoms with Gasteiger partial charge in [0.05, 0.1) is 5.52 Å². The van der Waals surface area contributed by atoms with Crippen molar-refractivity contribution >= 4 is 28.6 Å². The van der Waals surface area contributed by atoms with E-state index in [1.165, 1.54) is 0 Å². The number of nitrogens with zero attached hydrogens (tertiary/aromatic N) is 4. The number of fused-ring (bicyclic) bond motifs is 1. The van der Waals surface area contributed by atoms with Crippen molar-refractivity contribution in [1.82, 2.24) is 20.3 Å². The van der Waals surface area contributed by atoms with E-state index in [0.29, 0.717) is 11.0 Å². The van der Waals surface area contributed by atoms with Gasteiger partial charge in [0.15, 0.2) is 0 Å². The van der Waals surface area contributed by atoms with E-state index in [9.17, 15) is 0 Å². The van der Waals surface area contributed by atoms with E-state index in [4.69, 9.17) is 11.6 Å². The molecule has 0 aliphatic carbocycles. The maximum absolute atomic E-state index is 5.85. The van der Waals surface area contributed by atoms with Crippen LogP contribution in [-0.4, -0.2) is 35.0 Å². The Kier molecular flexibility index (Phi) is 2.55. The zero-order chi connectivity index (χ0) is 10.8. The van der Waals surface area contributed by atoms with Crippen LogP contribution >= 0.6 is 11.6 Å². The summed E-state index contributed by atoms with van der Waals surface area (Å²) < 4.78 is 1.63. The zero-order valence-electron chi connectivity index (χ0n) is 8.40. The molecule has 0 aliphatic rings. The summed E-state index contributed by atoms with van der Waals surface area (Å²) in [6.07, 6.45) is 0. The normalized spacial score (nSPS) is 12.1. The Hall–Kier alpha value is -1.62. The zero-order valence-corrected chi connectivity index (χ0v) is 9.15. The molecule has 1 aromatic heterocycles. The van der Waals surface area contributed by atoms with Gasteiger partial charge in [-0.25, -0.2) is 0 Å². The van der Waals surface area contributed by atoms with Crippen molar-refractivity contribution < 1.29 is 0 Å². The molecule has 0 unspecified atom stereocenters. The van der Waals surface area contributed by atoms with Crippen molar-refractivity contribution in [3.8, 4) is 0 Å². The van der Waals surface area contributed by atoms with E-state index in [2.05, 4.69) is 20.6 Å². The maximum Gasteiger partial charge on any atom is 0.220 e. The number of aliphatic imine (C=N–C) groups is 1. The smallest absolute Gasteiger partial charge is 0.220 e. The molecule has 0 fully saturated rings. The number of aromatic nitrogens is 3. The highest BCUT2D eigenvalue weighted by Crippen LogP contribution is 2.16. The van der Waals surface area contributed by atoms with Gasteiger partial charge >= 0.3 is 0 Å². The van der Waals surface area contributed by atoms with Crippen LogP contribution in [0.4, 0.5) is 0 Å². The first-order valence-corrected chi connectivity index (χ1v) is 4.80. The molecule has 0 saturated heterocycles. The van der Waals surface area contributed by atoms with Gasteiger partial charge in [0.25, 0.3) is 0 Å². The first kappa shape index (κ1) is 9.92. The molecular weight excluding hydrogens is 214 g/mol. The van der Waals surface area contributed by atoms with E-state index in [-0.39, 0.29) is 0 Å². The van der Waals surface area contributed by atoms with Crippen molar-refractivity contribution in [1.29, 1.82) is 0 Å². The summed E-state index contributed by atoms with van der Waals surface area (Å²) in [5.41, 5.74) is 1.62. The second-order valence-electron chi connectivity index (χ2n) is 2.93. The van der Waals surface area contributed by atoms with Gasteiger partial charge in [-0.2, -0.15) is 4.68 Å². The third-order valence-corrected chi connectivity index (χ3v) is 2.28. The molecule has 1 N–H and O–H groups in total. The molecule has 0 bridgehead atoms. The Bertz CT molecular complexity index is 516. The molecule has 0 radical (unpaired) electrons. The molecule has 0 atom stereocenters. The van der Waals surface area contributed by atoms with Gasteiger partial charge in [0.1, 0.15) is 5.52 Å². The third-order valence-electron chi connectivity index (χ3n) is 2.04. The van der Waals surface area contributed by atoms with Gasteiger partial charge in [0.2, 0.25) is 5.96 Å². The highest BCUT2D eigenvalue weighted by atomic mass is 35.5.